The van der Waals surface area contributed by atoms with Gasteiger partial charge in [0.1, 0.15) is 12.7 Å². The van der Waals surface area contributed by atoms with Crippen LogP contribution in [0.15, 0.2) is 97.2 Å². The molecule has 436 valence electrons. The summed E-state index contributed by atoms with van der Waals surface area (Å²) in [6.07, 6.45) is 68.2. The molecule has 11 nitrogen and oxygen atoms in total. The highest BCUT2D eigenvalue weighted by Gasteiger charge is 2.28. The van der Waals surface area contributed by atoms with Crippen LogP contribution in [0.2, 0.25) is 0 Å². The van der Waals surface area contributed by atoms with Gasteiger partial charge < -0.3 is 24.2 Å². The Morgan fingerprint density at radius 1 is 0.395 bits per heavy atom. The Balaban J connectivity index is 4.81. The van der Waals surface area contributed by atoms with Crippen LogP contribution in [0.5, 0.6) is 0 Å². The van der Waals surface area contributed by atoms with Crippen molar-refractivity contribution < 1.29 is 52.2 Å². The predicted molar refractivity (Wildman–Crippen MR) is 316 cm³/mol. The second-order valence-electron chi connectivity index (χ2n) is 19.8. The largest absolute Gasteiger partial charge is 0.472 e. The molecule has 12 heteroatoms. The Hall–Kier alpha value is -3.60. The number of carbonyl (C=O) groups excluding carboxylic acids is 3. The second kappa shape index (κ2) is 57.6. The van der Waals surface area contributed by atoms with E-state index in [2.05, 4.69) is 93.7 Å². The maximum absolute atomic E-state index is 12.9. The fourth-order valence-corrected chi connectivity index (χ4v) is 8.71. The average molecular weight is 1090 g/mol. The normalized spacial score (nSPS) is 14.0. The molecule has 0 saturated heterocycles. The first-order chi connectivity index (χ1) is 37.2. The lowest BCUT2D eigenvalue weighted by Gasteiger charge is -2.21. The third-order valence-corrected chi connectivity index (χ3v) is 13.4. The van der Waals surface area contributed by atoms with E-state index in [1.54, 1.807) is 6.08 Å². The van der Waals surface area contributed by atoms with E-state index in [1.165, 1.54) is 103 Å². The molecule has 0 aromatic heterocycles. The van der Waals surface area contributed by atoms with Crippen molar-refractivity contribution in [1.29, 1.82) is 0 Å². The maximum atomic E-state index is 12.9. The van der Waals surface area contributed by atoms with Crippen LogP contribution in [-0.2, 0) is 42.2 Å². The van der Waals surface area contributed by atoms with Crippen LogP contribution in [0, 0.1) is 0 Å². The van der Waals surface area contributed by atoms with Gasteiger partial charge in [-0.15, -0.1) is 0 Å². The van der Waals surface area contributed by atoms with E-state index in [1.807, 2.05) is 18.2 Å². The summed E-state index contributed by atoms with van der Waals surface area (Å²) in [5.74, 6) is -1.62. The highest BCUT2D eigenvalue weighted by molar-refractivity contribution is 7.47. The standard InChI is InChI=1S/C64H109O11P/c1-4-7-10-13-16-19-22-25-28-29-30-31-34-37-40-43-46-49-52-55-64(68)75-61(57-71-62(66)53-50-47-44-41-38-35-32-26-23-20-17-14-11-8-5-2)59-73-76(69,70)72-58-60(56-65)74-63(67)54-51-48-45-42-39-36-33-27-24-21-18-15-12-9-6-3/h9,12,17-18,20-21,25-28,32-33,39,42,48,51,60-61,65H,4-8,10-11,13-16,19,22-24,29-31,34-38,40-41,43-47,49-50,52-59H2,1-3H3,(H,69,70)/b12-9-,20-17-,21-18-,28-25-,32-26-,33-27-,42-39-,51-48-. The topological polar surface area (TPSA) is 155 Å². The number of rotatable bonds is 55. The molecule has 0 aliphatic carbocycles. The zero-order valence-corrected chi connectivity index (χ0v) is 49.1. The number of hydrogen-bond donors (Lipinski definition) is 2. The van der Waals surface area contributed by atoms with Gasteiger partial charge in [-0.3, -0.25) is 23.4 Å². The van der Waals surface area contributed by atoms with Gasteiger partial charge in [0.05, 0.1) is 26.2 Å². The van der Waals surface area contributed by atoms with E-state index in [-0.39, 0.29) is 25.9 Å². The highest BCUT2D eigenvalue weighted by atomic mass is 31.2. The summed E-state index contributed by atoms with van der Waals surface area (Å²) in [4.78, 5) is 48.5. The Bertz CT molecular complexity index is 1640. The minimum atomic E-state index is -4.78. The van der Waals surface area contributed by atoms with Gasteiger partial charge >= 0.3 is 25.7 Å². The summed E-state index contributed by atoms with van der Waals surface area (Å²) in [5.41, 5.74) is 0. The van der Waals surface area contributed by atoms with Gasteiger partial charge in [0, 0.05) is 12.8 Å². The average Bonchev–Trinajstić information content (AvgIpc) is 3.41. The molecule has 0 bridgehead atoms. The molecule has 0 aliphatic heterocycles. The highest BCUT2D eigenvalue weighted by Crippen LogP contribution is 2.43. The molecule has 0 heterocycles. The van der Waals surface area contributed by atoms with Crippen LogP contribution in [0.3, 0.4) is 0 Å². The molecule has 0 radical (unpaired) electrons. The van der Waals surface area contributed by atoms with E-state index in [0.29, 0.717) is 19.3 Å². The van der Waals surface area contributed by atoms with E-state index in [4.69, 9.17) is 23.3 Å². The Morgan fingerprint density at radius 3 is 1.20 bits per heavy atom. The zero-order chi connectivity index (χ0) is 55.5. The summed E-state index contributed by atoms with van der Waals surface area (Å²) in [6.45, 7) is 4.38. The van der Waals surface area contributed by atoms with Crippen LogP contribution >= 0.6 is 7.82 Å². The number of hydrogen-bond acceptors (Lipinski definition) is 10. The molecular formula is C64H109O11P. The van der Waals surface area contributed by atoms with Crippen LogP contribution in [-0.4, -0.2) is 66.5 Å². The first-order valence-electron chi connectivity index (χ1n) is 30.1. The van der Waals surface area contributed by atoms with Gasteiger partial charge in [-0.05, 0) is 103 Å². The van der Waals surface area contributed by atoms with Gasteiger partial charge in [0.2, 0.25) is 0 Å². The molecule has 0 spiro atoms. The number of esters is 3. The number of aliphatic hydroxyl groups is 1. The smallest absolute Gasteiger partial charge is 0.462 e. The van der Waals surface area contributed by atoms with E-state index in [9.17, 15) is 28.9 Å². The number of aliphatic hydroxyl groups excluding tert-OH is 1. The van der Waals surface area contributed by atoms with Crippen molar-refractivity contribution in [2.75, 3.05) is 26.4 Å². The number of carbonyl (C=O) groups is 3. The van der Waals surface area contributed by atoms with Crippen molar-refractivity contribution in [2.24, 2.45) is 0 Å². The number of allylic oxidation sites excluding steroid dienone is 15. The molecule has 0 saturated carbocycles. The summed E-state index contributed by atoms with van der Waals surface area (Å²) in [5, 5.41) is 9.80. The van der Waals surface area contributed by atoms with E-state index < -0.39 is 57.8 Å². The van der Waals surface area contributed by atoms with Gasteiger partial charge in [0.25, 0.3) is 0 Å². The molecule has 0 rings (SSSR count). The Labute approximate surface area is 463 Å². The van der Waals surface area contributed by atoms with E-state index >= 15 is 0 Å². The third kappa shape index (κ3) is 55.2. The first kappa shape index (κ1) is 72.4. The van der Waals surface area contributed by atoms with Crippen LogP contribution in [0.25, 0.3) is 0 Å². The quantitative estimate of drug-likeness (QED) is 0.0197. The molecule has 0 amide bonds. The van der Waals surface area contributed by atoms with Crippen molar-refractivity contribution >= 4 is 25.7 Å². The molecule has 0 aromatic carbocycles. The summed E-state index contributed by atoms with van der Waals surface area (Å²) >= 11 is 0. The second-order valence-corrected chi connectivity index (χ2v) is 21.2. The molecule has 2 N–H and O–H groups in total. The lowest BCUT2D eigenvalue weighted by Crippen LogP contribution is -2.30. The predicted octanol–water partition coefficient (Wildman–Crippen LogP) is 18.0. The van der Waals surface area contributed by atoms with Gasteiger partial charge in [-0.2, -0.15) is 0 Å². The summed E-state index contributed by atoms with van der Waals surface area (Å²) < 4.78 is 39.4. The number of unbranched alkanes of at least 4 members (excludes halogenated alkanes) is 23. The van der Waals surface area contributed by atoms with Gasteiger partial charge in [-0.1, -0.05) is 227 Å². The molecule has 0 aliphatic rings. The van der Waals surface area contributed by atoms with Crippen LogP contribution in [0.4, 0.5) is 0 Å². The third-order valence-electron chi connectivity index (χ3n) is 12.5. The fourth-order valence-electron chi connectivity index (χ4n) is 7.93. The van der Waals surface area contributed by atoms with Crippen molar-refractivity contribution in [3.8, 4) is 0 Å². The summed E-state index contributed by atoms with van der Waals surface area (Å²) in [6, 6.07) is 0. The van der Waals surface area contributed by atoms with Crippen molar-refractivity contribution in [3.63, 3.8) is 0 Å². The van der Waals surface area contributed by atoms with Crippen molar-refractivity contribution in [1.82, 2.24) is 0 Å². The van der Waals surface area contributed by atoms with Crippen molar-refractivity contribution in [3.05, 3.63) is 97.2 Å². The molecule has 0 aromatic rings. The van der Waals surface area contributed by atoms with Crippen LogP contribution in [0.1, 0.15) is 252 Å². The minimum Gasteiger partial charge on any atom is -0.462 e. The van der Waals surface area contributed by atoms with Crippen LogP contribution < -0.4 is 0 Å². The first-order valence-corrected chi connectivity index (χ1v) is 31.6. The molecular weight excluding hydrogens is 976 g/mol. The lowest BCUT2D eigenvalue weighted by atomic mass is 10.1. The van der Waals surface area contributed by atoms with Crippen molar-refractivity contribution in [2.45, 2.75) is 264 Å². The molecule has 3 unspecified atom stereocenters. The zero-order valence-electron chi connectivity index (χ0n) is 48.2. The monoisotopic (exact) mass is 1080 g/mol. The molecule has 0 fully saturated rings. The van der Waals surface area contributed by atoms with E-state index in [0.717, 1.165) is 89.9 Å². The fraction of sp³-hybridized carbons (Fsp3) is 0.703. The number of phosphoric ester groups is 1. The lowest BCUT2D eigenvalue weighted by molar-refractivity contribution is -0.161. The van der Waals surface area contributed by atoms with Gasteiger partial charge in [0.15, 0.2) is 6.10 Å². The Kier molecular flexibility index (Phi) is 54.8. The minimum absolute atomic E-state index is 0.0590. The molecule has 76 heavy (non-hydrogen) atoms. The number of phosphoric acid groups is 1. The summed E-state index contributed by atoms with van der Waals surface area (Å²) in [7, 11) is -4.78. The molecule has 3 atom stereocenters. The number of ether oxygens (including phenoxy) is 3. The Morgan fingerprint density at radius 2 is 0.737 bits per heavy atom. The van der Waals surface area contributed by atoms with Gasteiger partial charge in [-0.25, -0.2) is 4.57 Å². The maximum Gasteiger partial charge on any atom is 0.472 e. The SMILES string of the molecule is CC/C=C\C/C=C\C/C=C\C/C=C\C/C=C\CC(=O)OC(CO)COP(=O)(O)OCC(COC(=O)CCCCCCC/C=C\C/C=C\CCCCC)OC(=O)CCCCCCCCCCC/C=C\CCCCCCCC.